The molecule has 0 amide bonds. The first-order chi connectivity index (χ1) is 8.37. The molecule has 0 aromatic carbocycles. The van der Waals surface area contributed by atoms with Crippen molar-refractivity contribution in [3.05, 3.63) is 33.1 Å². The third-order valence-corrected chi connectivity index (χ3v) is 3.04. The van der Waals surface area contributed by atoms with Gasteiger partial charge in [-0.3, -0.25) is 14.3 Å². The van der Waals surface area contributed by atoms with Crippen molar-refractivity contribution in [1.82, 2.24) is 9.55 Å². The largest absolute Gasteiger partial charge is 0.394 e. The van der Waals surface area contributed by atoms with Crippen LogP contribution >= 0.6 is 0 Å². The molecule has 1 fully saturated rings. The van der Waals surface area contributed by atoms with Gasteiger partial charge in [0, 0.05) is 12.3 Å². The first-order valence-corrected chi connectivity index (χ1v) is 5.36. The summed E-state index contributed by atoms with van der Waals surface area (Å²) < 4.78 is 6.19. The maximum Gasteiger partial charge on any atom is 0.330 e. The fourth-order valence-corrected chi connectivity index (χ4v) is 2.00. The second-order valence-corrected chi connectivity index (χ2v) is 4.40. The highest BCUT2D eigenvalue weighted by Gasteiger charge is 2.53. The van der Waals surface area contributed by atoms with Crippen molar-refractivity contribution in [2.75, 3.05) is 6.61 Å². The van der Waals surface area contributed by atoms with Crippen LogP contribution in [0.15, 0.2) is 21.9 Å². The molecule has 8 heteroatoms. The van der Waals surface area contributed by atoms with E-state index in [1.54, 1.807) is 0 Å². The second-order valence-electron chi connectivity index (χ2n) is 4.40. The molecule has 1 aliphatic rings. The minimum atomic E-state index is -1.75. The Labute approximate surface area is 101 Å². The molecule has 4 N–H and O–H groups in total. The summed E-state index contributed by atoms with van der Waals surface area (Å²) >= 11 is 0. The van der Waals surface area contributed by atoms with E-state index in [-0.39, 0.29) is 0 Å². The summed E-state index contributed by atoms with van der Waals surface area (Å²) in [5, 5.41) is 28.9. The number of aliphatic hydroxyl groups excluding tert-OH is 2. The molecule has 0 bridgehead atoms. The van der Waals surface area contributed by atoms with E-state index >= 15 is 0 Å². The summed E-state index contributed by atoms with van der Waals surface area (Å²) in [6.07, 6.45) is -2.36. The summed E-state index contributed by atoms with van der Waals surface area (Å²) in [6.45, 7) is 0.793. The summed E-state index contributed by atoms with van der Waals surface area (Å²) in [6, 6.07) is 1.10. The lowest BCUT2D eigenvalue weighted by Gasteiger charge is -2.27. The van der Waals surface area contributed by atoms with E-state index in [1.807, 2.05) is 4.98 Å². The van der Waals surface area contributed by atoms with Gasteiger partial charge in [0.05, 0.1) is 6.61 Å². The van der Waals surface area contributed by atoms with Gasteiger partial charge in [0.1, 0.15) is 17.8 Å². The maximum absolute atomic E-state index is 11.6. The normalized spacial score (nSPS) is 35.9. The number of nitrogens with zero attached hydrogens (tertiary/aromatic N) is 1. The first kappa shape index (κ1) is 13.0. The van der Waals surface area contributed by atoms with Gasteiger partial charge in [0.2, 0.25) is 0 Å². The van der Waals surface area contributed by atoms with E-state index in [0.29, 0.717) is 0 Å². The van der Waals surface area contributed by atoms with E-state index in [0.717, 1.165) is 16.8 Å². The van der Waals surface area contributed by atoms with Crippen LogP contribution in [0.2, 0.25) is 0 Å². The van der Waals surface area contributed by atoms with Crippen molar-refractivity contribution in [2.24, 2.45) is 0 Å². The Morgan fingerprint density at radius 3 is 2.72 bits per heavy atom. The predicted molar refractivity (Wildman–Crippen MR) is 58.9 cm³/mol. The number of aromatic amines is 1. The summed E-state index contributed by atoms with van der Waals surface area (Å²) in [4.78, 5) is 24.5. The smallest absolute Gasteiger partial charge is 0.330 e. The number of rotatable bonds is 2. The Bertz CT molecular complexity index is 548. The third kappa shape index (κ3) is 1.89. The lowest BCUT2D eigenvalue weighted by molar-refractivity contribution is -0.0987. The summed E-state index contributed by atoms with van der Waals surface area (Å²) in [5.74, 6) is 0. The molecule has 1 aliphatic heterocycles. The molecule has 1 aromatic rings. The Kier molecular flexibility index (Phi) is 3.11. The molecule has 100 valence electrons. The van der Waals surface area contributed by atoms with Crippen molar-refractivity contribution in [3.8, 4) is 0 Å². The average molecular weight is 258 g/mol. The molecule has 0 spiro atoms. The number of aliphatic hydroxyl groups is 3. The minimum absolute atomic E-state index is 0.494. The van der Waals surface area contributed by atoms with Gasteiger partial charge in [-0.15, -0.1) is 0 Å². The highest BCUT2D eigenvalue weighted by molar-refractivity contribution is 5.00. The van der Waals surface area contributed by atoms with E-state index in [2.05, 4.69) is 0 Å². The molecule has 4 atom stereocenters. The zero-order valence-electron chi connectivity index (χ0n) is 9.61. The van der Waals surface area contributed by atoms with E-state index < -0.39 is 41.9 Å². The van der Waals surface area contributed by atoms with Crippen LogP contribution in [0.5, 0.6) is 0 Å². The van der Waals surface area contributed by atoms with Crippen LogP contribution in [0.4, 0.5) is 0 Å². The van der Waals surface area contributed by atoms with Crippen LogP contribution in [0.3, 0.4) is 0 Å². The molecular weight excluding hydrogens is 244 g/mol. The molecule has 1 aromatic heterocycles. The number of H-pyrrole nitrogens is 1. The molecule has 1 saturated heterocycles. The van der Waals surface area contributed by atoms with Gasteiger partial charge in [0.25, 0.3) is 5.56 Å². The zero-order chi connectivity index (χ0) is 13.5. The summed E-state index contributed by atoms with van der Waals surface area (Å²) in [5.41, 5.74) is -3.10. The van der Waals surface area contributed by atoms with Gasteiger partial charge in [-0.25, -0.2) is 4.79 Å². The topological polar surface area (TPSA) is 125 Å². The van der Waals surface area contributed by atoms with Gasteiger partial charge < -0.3 is 20.1 Å². The van der Waals surface area contributed by atoms with Crippen LogP contribution in [0.1, 0.15) is 13.2 Å². The fraction of sp³-hybridized carbons (Fsp3) is 0.600. The Hall–Kier alpha value is -1.48. The summed E-state index contributed by atoms with van der Waals surface area (Å²) in [7, 11) is 0. The van der Waals surface area contributed by atoms with E-state index in [4.69, 9.17) is 9.84 Å². The van der Waals surface area contributed by atoms with Crippen LogP contribution in [0.25, 0.3) is 0 Å². The molecular formula is C10H14N2O6. The highest BCUT2D eigenvalue weighted by Crippen LogP contribution is 2.36. The lowest BCUT2D eigenvalue weighted by atomic mass is 9.96. The molecule has 18 heavy (non-hydrogen) atoms. The molecule has 8 nitrogen and oxygen atoms in total. The average Bonchev–Trinajstić information content (AvgIpc) is 2.52. The van der Waals surface area contributed by atoms with E-state index in [9.17, 15) is 19.8 Å². The number of hydrogen-bond donors (Lipinski definition) is 4. The maximum atomic E-state index is 11.6. The van der Waals surface area contributed by atoms with Crippen LogP contribution in [-0.4, -0.2) is 49.3 Å². The van der Waals surface area contributed by atoms with Gasteiger partial charge >= 0.3 is 5.69 Å². The van der Waals surface area contributed by atoms with Gasteiger partial charge in [-0.1, -0.05) is 0 Å². The van der Waals surface area contributed by atoms with Crippen LogP contribution < -0.4 is 11.2 Å². The number of ether oxygens (including phenoxy) is 1. The van der Waals surface area contributed by atoms with Crippen molar-refractivity contribution >= 4 is 0 Å². The fourth-order valence-electron chi connectivity index (χ4n) is 2.00. The monoisotopic (exact) mass is 258 g/mol. The molecule has 1 unspecified atom stereocenters. The molecule has 2 heterocycles. The number of hydrogen-bond acceptors (Lipinski definition) is 6. The van der Waals surface area contributed by atoms with E-state index in [1.165, 1.54) is 6.92 Å². The van der Waals surface area contributed by atoms with Gasteiger partial charge in [-0.2, -0.15) is 0 Å². The van der Waals surface area contributed by atoms with Crippen molar-refractivity contribution in [2.45, 2.75) is 31.0 Å². The standard InChI is InChI=1S/C10H14N2O6/c1-10(17)7(15)5(4-13)18-8(10)12-3-2-6(14)11-9(12)16/h2-3,5,7-8,13,15,17H,4H2,1H3,(H,11,14,16)/t5-,7?,8-,10-/m1/s1. The second kappa shape index (κ2) is 4.32. The SMILES string of the molecule is C[C@@]1(O)C(O)[C@@H](CO)O[C@H]1n1ccc(=O)[nH]c1=O. The first-order valence-electron chi connectivity index (χ1n) is 5.36. The Morgan fingerprint density at radius 1 is 1.56 bits per heavy atom. The van der Waals surface area contributed by atoms with Crippen molar-refractivity contribution < 1.29 is 20.1 Å². The third-order valence-electron chi connectivity index (χ3n) is 3.04. The molecule has 0 radical (unpaired) electrons. The number of aromatic nitrogens is 2. The van der Waals surface area contributed by atoms with Gasteiger partial charge in [-0.05, 0) is 6.92 Å². The lowest BCUT2D eigenvalue weighted by Crippen LogP contribution is -2.46. The highest BCUT2D eigenvalue weighted by atomic mass is 16.6. The number of nitrogens with one attached hydrogen (secondary N) is 1. The Morgan fingerprint density at radius 2 is 2.22 bits per heavy atom. The van der Waals surface area contributed by atoms with Gasteiger partial charge in [0.15, 0.2) is 6.23 Å². The predicted octanol–water partition coefficient (Wildman–Crippen LogP) is -2.46. The minimum Gasteiger partial charge on any atom is -0.394 e. The molecule has 0 aliphatic carbocycles. The Balaban J connectivity index is 2.45. The quantitative estimate of drug-likeness (QED) is 0.466. The van der Waals surface area contributed by atoms with Crippen molar-refractivity contribution in [3.63, 3.8) is 0 Å². The van der Waals surface area contributed by atoms with Crippen LogP contribution in [0, 0.1) is 0 Å². The van der Waals surface area contributed by atoms with Crippen molar-refractivity contribution in [1.29, 1.82) is 0 Å². The zero-order valence-corrected chi connectivity index (χ0v) is 9.61. The van der Waals surface area contributed by atoms with Crippen LogP contribution in [-0.2, 0) is 4.74 Å². The molecule has 2 rings (SSSR count). The molecule has 0 saturated carbocycles.